The summed E-state index contributed by atoms with van der Waals surface area (Å²) in [4.78, 5) is 23.9. The summed E-state index contributed by atoms with van der Waals surface area (Å²) in [6.45, 7) is 2.21. The Balaban J connectivity index is 1.89. The number of hydrogen-bond acceptors (Lipinski definition) is 5. The molecule has 2 aromatic carbocycles. The van der Waals surface area contributed by atoms with Crippen LogP contribution in [0.2, 0.25) is 0 Å². The van der Waals surface area contributed by atoms with E-state index in [1.807, 2.05) is 37.3 Å². The van der Waals surface area contributed by atoms with Gasteiger partial charge in [0.1, 0.15) is 5.82 Å². The summed E-state index contributed by atoms with van der Waals surface area (Å²) in [5.41, 5.74) is 2.62. The van der Waals surface area contributed by atoms with Gasteiger partial charge >= 0.3 is 5.97 Å². The van der Waals surface area contributed by atoms with Crippen LogP contribution in [0, 0.1) is 0 Å². The maximum atomic E-state index is 11.8. The number of phenolic OH excluding ortho intramolecular Hbond substituents is 1. The number of carboxylic acids is 1. The summed E-state index contributed by atoms with van der Waals surface area (Å²) in [7, 11) is 0. The third kappa shape index (κ3) is 3.14. The standard InChI is InChI=1S/C21H17N3O4/c1-2-28-17-10-13(8-9-16(17)25)15-11-14(21(26)27)18-20(22-15)24-19(23-18)12-6-4-3-5-7-12/h3-11,25H,2H2,1H3,(H,26,27)(H,22,23,24). The molecule has 0 saturated heterocycles. The number of nitrogens with one attached hydrogen (secondary N) is 1. The zero-order valence-electron chi connectivity index (χ0n) is 15.0. The van der Waals surface area contributed by atoms with Crippen LogP contribution < -0.4 is 4.74 Å². The number of pyridine rings is 1. The lowest BCUT2D eigenvalue weighted by Crippen LogP contribution is -2.00. The molecule has 0 atom stereocenters. The van der Waals surface area contributed by atoms with Gasteiger partial charge in [0.15, 0.2) is 17.1 Å². The molecule has 7 heteroatoms. The fraction of sp³-hybridized carbons (Fsp3) is 0.0952. The molecule has 2 aromatic heterocycles. The van der Waals surface area contributed by atoms with Crippen LogP contribution in [0.1, 0.15) is 17.3 Å². The summed E-state index contributed by atoms with van der Waals surface area (Å²) in [5.74, 6) is -0.216. The summed E-state index contributed by atoms with van der Waals surface area (Å²) in [5, 5.41) is 19.6. The molecular formula is C21H17N3O4. The van der Waals surface area contributed by atoms with Crippen LogP contribution in [-0.4, -0.2) is 37.7 Å². The fourth-order valence-corrected chi connectivity index (χ4v) is 2.98. The number of aromatic nitrogens is 3. The molecule has 0 amide bonds. The van der Waals surface area contributed by atoms with Gasteiger partial charge in [0.25, 0.3) is 0 Å². The molecule has 0 aliphatic carbocycles. The van der Waals surface area contributed by atoms with E-state index in [2.05, 4.69) is 15.0 Å². The zero-order valence-corrected chi connectivity index (χ0v) is 15.0. The van der Waals surface area contributed by atoms with Crippen LogP contribution >= 0.6 is 0 Å². The number of carbonyl (C=O) groups is 1. The topological polar surface area (TPSA) is 108 Å². The predicted molar refractivity (Wildman–Crippen MR) is 105 cm³/mol. The lowest BCUT2D eigenvalue weighted by atomic mass is 10.1. The Morgan fingerprint density at radius 3 is 2.57 bits per heavy atom. The second-order valence-corrected chi connectivity index (χ2v) is 6.13. The molecule has 0 aliphatic heterocycles. The molecule has 0 aliphatic rings. The molecule has 28 heavy (non-hydrogen) atoms. The highest BCUT2D eigenvalue weighted by molar-refractivity contribution is 6.02. The largest absolute Gasteiger partial charge is 0.504 e. The summed E-state index contributed by atoms with van der Waals surface area (Å²) in [6.07, 6.45) is 0. The van der Waals surface area contributed by atoms with E-state index in [1.54, 1.807) is 12.1 Å². The number of aromatic amines is 1. The van der Waals surface area contributed by atoms with E-state index in [-0.39, 0.29) is 11.3 Å². The Hall–Kier alpha value is -3.87. The van der Waals surface area contributed by atoms with E-state index < -0.39 is 5.97 Å². The van der Waals surface area contributed by atoms with Crippen molar-refractivity contribution >= 4 is 17.1 Å². The quantitative estimate of drug-likeness (QED) is 0.485. The summed E-state index contributed by atoms with van der Waals surface area (Å²) >= 11 is 0. The number of rotatable bonds is 5. The number of benzene rings is 2. The fourth-order valence-electron chi connectivity index (χ4n) is 2.98. The van der Waals surface area contributed by atoms with Crippen LogP contribution in [0.15, 0.2) is 54.6 Å². The van der Waals surface area contributed by atoms with Gasteiger partial charge in [-0.2, -0.15) is 0 Å². The number of nitrogens with zero attached hydrogens (tertiary/aromatic N) is 2. The molecule has 0 spiro atoms. The number of fused-ring (bicyclic) bond motifs is 1. The average molecular weight is 375 g/mol. The van der Waals surface area contributed by atoms with E-state index in [0.29, 0.717) is 40.6 Å². The van der Waals surface area contributed by atoms with Crippen molar-refractivity contribution in [3.8, 4) is 34.1 Å². The minimum absolute atomic E-state index is 0.0104. The Labute approximate surface area is 160 Å². The number of aromatic hydroxyl groups is 1. The van der Waals surface area contributed by atoms with E-state index in [0.717, 1.165) is 5.56 Å². The second kappa shape index (κ2) is 7.03. The molecule has 4 rings (SSSR count). The summed E-state index contributed by atoms with van der Waals surface area (Å²) < 4.78 is 5.41. The molecule has 7 nitrogen and oxygen atoms in total. The number of H-pyrrole nitrogens is 1. The molecule has 0 radical (unpaired) electrons. The molecule has 0 bridgehead atoms. The van der Waals surface area contributed by atoms with E-state index >= 15 is 0 Å². The molecule has 140 valence electrons. The van der Waals surface area contributed by atoms with Crippen molar-refractivity contribution in [1.29, 1.82) is 0 Å². The van der Waals surface area contributed by atoms with Crippen LogP contribution in [0.3, 0.4) is 0 Å². The van der Waals surface area contributed by atoms with Crippen molar-refractivity contribution in [3.63, 3.8) is 0 Å². The van der Waals surface area contributed by atoms with Crippen molar-refractivity contribution in [1.82, 2.24) is 15.0 Å². The second-order valence-electron chi connectivity index (χ2n) is 6.13. The molecule has 4 aromatic rings. The van der Waals surface area contributed by atoms with Crippen molar-refractivity contribution in [2.45, 2.75) is 6.92 Å². The Morgan fingerprint density at radius 2 is 1.86 bits per heavy atom. The first-order valence-corrected chi connectivity index (χ1v) is 8.72. The average Bonchev–Trinajstić information content (AvgIpc) is 3.14. The Morgan fingerprint density at radius 1 is 1.07 bits per heavy atom. The van der Waals surface area contributed by atoms with Gasteiger partial charge in [0.05, 0.1) is 23.4 Å². The molecule has 0 fully saturated rings. The van der Waals surface area contributed by atoms with E-state index in [1.165, 1.54) is 12.1 Å². The first-order chi connectivity index (χ1) is 13.6. The van der Waals surface area contributed by atoms with Crippen LogP contribution in [0.4, 0.5) is 0 Å². The smallest absolute Gasteiger partial charge is 0.338 e. The maximum Gasteiger partial charge on any atom is 0.338 e. The number of imidazole rings is 1. The Kier molecular flexibility index (Phi) is 4.41. The summed E-state index contributed by atoms with van der Waals surface area (Å²) in [6, 6.07) is 15.7. The first-order valence-electron chi connectivity index (χ1n) is 8.72. The van der Waals surface area contributed by atoms with Gasteiger partial charge in [0.2, 0.25) is 0 Å². The van der Waals surface area contributed by atoms with E-state index in [9.17, 15) is 15.0 Å². The minimum atomic E-state index is -1.08. The number of phenols is 1. The lowest BCUT2D eigenvalue weighted by Gasteiger charge is -2.09. The van der Waals surface area contributed by atoms with Crippen LogP contribution in [-0.2, 0) is 0 Å². The maximum absolute atomic E-state index is 11.8. The monoisotopic (exact) mass is 375 g/mol. The van der Waals surface area contributed by atoms with E-state index in [4.69, 9.17) is 4.74 Å². The predicted octanol–water partition coefficient (Wildman–Crippen LogP) is 4.09. The van der Waals surface area contributed by atoms with Crippen molar-refractivity contribution < 1.29 is 19.7 Å². The van der Waals surface area contributed by atoms with Gasteiger partial charge in [-0.1, -0.05) is 30.3 Å². The van der Waals surface area contributed by atoms with Gasteiger partial charge in [-0.3, -0.25) is 0 Å². The minimum Gasteiger partial charge on any atom is -0.504 e. The molecule has 0 unspecified atom stereocenters. The Bertz CT molecular complexity index is 1170. The molecular weight excluding hydrogens is 358 g/mol. The van der Waals surface area contributed by atoms with Crippen molar-refractivity contribution in [2.75, 3.05) is 6.61 Å². The van der Waals surface area contributed by atoms with Gasteiger partial charge < -0.3 is 19.9 Å². The number of aromatic carboxylic acids is 1. The highest BCUT2D eigenvalue weighted by Gasteiger charge is 2.18. The third-order valence-electron chi connectivity index (χ3n) is 4.29. The highest BCUT2D eigenvalue weighted by atomic mass is 16.5. The van der Waals surface area contributed by atoms with Crippen LogP contribution in [0.25, 0.3) is 33.8 Å². The van der Waals surface area contributed by atoms with Gasteiger partial charge in [-0.25, -0.2) is 14.8 Å². The molecule has 2 heterocycles. The molecule has 3 N–H and O–H groups in total. The van der Waals surface area contributed by atoms with Gasteiger partial charge in [-0.05, 0) is 31.2 Å². The lowest BCUT2D eigenvalue weighted by molar-refractivity contribution is 0.0699. The molecule has 0 saturated carbocycles. The third-order valence-corrected chi connectivity index (χ3v) is 4.29. The van der Waals surface area contributed by atoms with Crippen LogP contribution in [0.5, 0.6) is 11.5 Å². The first kappa shape index (κ1) is 17.5. The highest BCUT2D eigenvalue weighted by Crippen LogP contribution is 2.33. The van der Waals surface area contributed by atoms with Crippen molar-refractivity contribution in [3.05, 3.63) is 60.2 Å². The van der Waals surface area contributed by atoms with Gasteiger partial charge in [0, 0.05) is 11.1 Å². The van der Waals surface area contributed by atoms with Gasteiger partial charge in [-0.15, -0.1) is 0 Å². The zero-order chi connectivity index (χ0) is 19.7. The SMILES string of the molecule is CCOc1cc(-c2cc(C(=O)O)c3[nH]c(-c4ccccc4)nc3n2)ccc1O. The normalized spacial score (nSPS) is 10.9. The number of hydrogen-bond donors (Lipinski definition) is 3. The number of carboxylic acid groups (broad SMARTS) is 1. The van der Waals surface area contributed by atoms with Crippen molar-refractivity contribution in [2.24, 2.45) is 0 Å². The number of ether oxygens (including phenoxy) is 1.